The van der Waals surface area contributed by atoms with Gasteiger partial charge in [0.25, 0.3) is 15.7 Å². The summed E-state index contributed by atoms with van der Waals surface area (Å²) in [7, 11) is -4.31. The summed E-state index contributed by atoms with van der Waals surface area (Å²) in [6.07, 6.45) is 0.291. The fraction of sp³-hybridized carbons (Fsp3) is 0.286. The van der Waals surface area contributed by atoms with E-state index in [1.165, 1.54) is 35.2 Å². The first-order valence-corrected chi connectivity index (χ1v) is 13.9. The summed E-state index contributed by atoms with van der Waals surface area (Å²) in [6.45, 7) is 4.79. The van der Waals surface area contributed by atoms with Gasteiger partial charge in [-0.05, 0) is 44.0 Å². The number of nitro groups is 1. The molecule has 39 heavy (non-hydrogen) atoms. The number of nitrogens with zero attached hydrogens (tertiary/aromatic N) is 3. The summed E-state index contributed by atoms with van der Waals surface area (Å²) < 4.78 is 28.4. The molecule has 10 nitrogen and oxygen atoms in total. The van der Waals surface area contributed by atoms with Crippen LogP contribution in [0, 0.1) is 10.1 Å². The van der Waals surface area contributed by atoms with Crippen LogP contribution < -0.4 is 9.62 Å². The minimum absolute atomic E-state index is 0.0410. The Morgan fingerprint density at radius 3 is 2.13 bits per heavy atom. The molecular formula is C28H32N4O6S. The van der Waals surface area contributed by atoms with E-state index in [4.69, 9.17) is 0 Å². The minimum atomic E-state index is -4.31. The molecule has 1 atom stereocenters. The highest BCUT2D eigenvalue weighted by atomic mass is 32.2. The lowest BCUT2D eigenvalue weighted by molar-refractivity contribution is -0.384. The zero-order valence-corrected chi connectivity index (χ0v) is 22.9. The van der Waals surface area contributed by atoms with E-state index in [2.05, 4.69) is 5.32 Å². The number of carbonyl (C=O) groups is 2. The van der Waals surface area contributed by atoms with Gasteiger partial charge in [-0.2, -0.15) is 0 Å². The standard InChI is InChI=1S/C28H32N4O6S/c1-4-26(28(34)29-21(2)3)30(19-22-12-7-5-8-13-22)27(33)20-31(23-14-11-15-24(18-23)32(35)36)39(37,38)25-16-9-6-10-17-25/h5-18,21,26H,4,19-20H2,1-3H3,(H,29,34)/t26-/m1/s1. The van der Waals surface area contributed by atoms with Crippen molar-refractivity contribution in [3.8, 4) is 0 Å². The Balaban J connectivity index is 2.08. The average Bonchev–Trinajstić information content (AvgIpc) is 2.92. The van der Waals surface area contributed by atoms with Crippen LogP contribution in [0.5, 0.6) is 0 Å². The quantitative estimate of drug-likeness (QED) is 0.266. The van der Waals surface area contributed by atoms with Gasteiger partial charge in [0.15, 0.2) is 0 Å². The zero-order chi connectivity index (χ0) is 28.6. The van der Waals surface area contributed by atoms with E-state index in [0.29, 0.717) is 6.42 Å². The maximum atomic E-state index is 13.9. The second kappa shape index (κ2) is 13.0. The number of non-ortho nitro benzene ring substituents is 1. The van der Waals surface area contributed by atoms with Crippen molar-refractivity contribution in [2.24, 2.45) is 0 Å². The largest absolute Gasteiger partial charge is 0.352 e. The molecule has 0 spiro atoms. The van der Waals surface area contributed by atoms with Crippen molar-refractivity contribution in [1.82, 2.24) is 10.2 Å². The van der Waals surface area contributed by atoms with E-state index in [1.54, 1.807) is 25.1 Å². The lowest BCUT2D eigenvalue weighted by atomic mass is 10.1. The predicted molar refractivity (Wildman–Crippen MR) is 148 cm³/mol. The molecule has 0 bridgehead atoms. The second-order valence-corrected chi connectivity index (χ2v) is 11.1. The van der Waals surface area contributed by atoms with E-state index in [9.17, 15) is 28.1 Å². The molecule has 3 aromatic rings. The van der Waals surface area contributed by atoms with Crippen LogP contribution in [0.25, 0.3) is 0 Å². The number of carbonyl (C=O) groups excluding carboxylic acids is 2. The van der Waals surface area contributed by atoms with Crippen LogP contribution >= 0.6 is 0 Å². The van der Waals surface area contributed by atoms with E-state index in [0.717, 1.165) is 15.9 Å². The molecule has 2 amide bonds. The van der Waals surface area contributed by atoms with Crippen LogP contribution in [0.3, 0.4) is 0 Å². The lowest BCUT2D eigenvalue weighted by Gasteiger charge is -2.33. The summed E-state index contributed by atoms with van der Waals surface area (Å²) in [5.41, 5.74) is 0.396. The van der Waals surface area contributed by atoms with Gasteiger partial charge in [0, 0.05) is 24.7 Å². The number of nitrogens with one attached hydrogen (secondary N) is 1. The molecule has 3 aromatic carbocycles. The van der Waals surface area contributed by atoms with Gasteiger partial charge in [-0.3, -0.25) is 24.0 Å². The van der Waals surface area contributed by atoms with Crippen LogP contribution in [0.1, 0.15) is 32.8 Å². The molecule has 11 heteroatoms. The average molecular weight is 553 g/mol. The fourth-order valence-corrected chi connectivity index (χ4v) is 5.52. The first-order valence-electron chi connectivity index (χ1n) is 12.5. The third kappa shape index (κ3) is 7.41. The van der Waals surface area contributed by atoms with Gasteiger partial charge >= 0.3 is 0 Å². The number of hydrogen-bond donors (Lipinski definition) is 1. The molecule has 0 saturated heterocycles. The molecule has 0 aliphatic heterocycles. The molecule has 0 saturated carbocycles. The topological polar surface area (TPSA) is 130 Å². The smallest absolute Gasteiger partial charge is 0.271 e. The van der Waals surface area contributed by atoms with E-state index >= 15 is 0 Å². The highest BCUT2D eigenvalue weighted by molar-refractivity contribution is 7.92. The number of amides is 2. The third-order valence-corrected chi connectivity index (χ3v) is 7.74. The first kappa shape index (κ1) is 29.3. The molecule has 3 rings (SSSR count). The second-order valence-electron chi connectivity index (χ2n) is 9.20. The Labute approximate surface area is 228 Å². The maximum Gasteiger partial charge on any atom is 0.271 e. The highest BCUT2D eigenvalue weighted by Crippen LogP contribution is 2.27. The van der Waals surface area contributed by atoms with Crippen LogP contribution in [0.15, 0.2) is 89.8 Å². The third-order valence-electron chi connectivity index (χ3n) is 5.95. The van der Waals surface area contributed by atoms with Gasteiger partial charge < -0.3 is 10.2 Å². The summed E-state index contributed by atoms with van der Waals surface area (Å²) in [5.74, 6) is -0.986. The maximum absolute atomic E-state index is 13.9. The molecule has 0 unspecified atom stereocenters. The van der Waals surface area contributed by atoms with Gasteiger partial charge in [0.05, 0.1) is 15.5 Å². The minimum Gasteiger partial charge on any atom is -0.352 e. The Kier molecular flexibility index (Phi) is 9.78. The van der Waals surface area contributed by atoms with Crippen LogP contribution in [0.2, 0.25) is 0 Å². The van der Waals surface area contributed by atoms with Crippen molar-refractivity contribution in [2.45, 2.75) is 50.7 Å². The van der Waals surface area contributed by atoms with Crippen molar-refractivity contribution in [1.29, 1.82) is 0 Å². The van der Waals surface area contributed by atoms with Crippen molar-refractivity contribution >= 4 is 33.2 Å². The van der Waals surface area contributed by atoms with Crippen LogP contribution in [0.4, 0.5) is 11.4 Å². The molecule has 0 aromatic heterocycles. The van der Waals surface area contributed by atoms with Gasteiger partial charge in [-0.25, -0.2) is 8.42 Å². The van der Waals surface area contributed by atoms with Gasteiger partial charge in [0.2, 0.25) is 11.8 Å². The zero-order valence-electron chi connectivity index (χ0n) is 22.1. The van der Waals surface area contributed by atoms with Crippen molar-refractivity contribution in [3.63, 3.8) is 0 Å². The number of rotatable bonds is 12. The normalized spacial score (nSPS) is 12.0. The summed E-state index contributed by atoms with van der Waals surface area (Å²) in [4.78, 5) is 39.1. The fourth-order valence-electron chi connectivity index (χ4n) is 4.09. The molecule has 1 N–H and O–H groups in total. The van der Waals surface area contributed by atoms with E-state index in [-0.39, 0.29) is 34.8 Å². The number of benzene rings is 3. The summed E-state index contributed by atoms with van der Waals surface area (Å²) >= 11 is 0. The Morgan fingerprint density at radius 2 is 1.56 bits per heavy atom. The molecule has 206 valence electrons. The van der Waals surface area contributed by atoms with Crippen molar-refractivity contribution in [2.75, 3.05) is 10.8 Å². The first-order chi connectivity index (χ1) is 18.5. The SMILES string of the molecule is CC[C@H](C(=O)NC(C)C)N(Cc1ccccc1)C(=O)CN(c1cccc([N+](=O)[O-])c1)S(=O)(=O)c1ccccc1. The summed E-state index contributed by atoms with van der Waals surface area (Å²) in [6, 6.07) is 20.7. The van der Waals surface area contributed by atoms with E-state index in [1.807, 2.05) is 44.2 Å². The molecule has 0 heterocycles. The van der Waals surface area contributed by atoms with E-state index < -0.39 is 33.4 Å². The highest BCUT2D eigenvalue weighted by Gasteiger charge is 2.34. The molecule has 0 radical (unpaired) electrons. The number of anilines is 1. The molecule has 0 fully saturated rings. The van der Waals surface area contributed by atoms with Gasteiger partial charge in [-0.15, -0.1) is 0 Å². The number of hydrogen-bond acceptors (Lipinski definition) is 6. The summed E-state index contributed by atoms with van der Waals surface area (Å²) in [5, 5.41) is 14.3. The number of nitro benzene ring substituents is 1. The van der Waals surface area contributed by atoms with Crippen LogP contribution in [-0.4, -0.2) is 48.7 Å². The van der Waals surface area contributed by atoms with Crippen molar-refractivity contribution in [3.05, 3.63) is 101 Å². The van der Waals surface area contributed by atoms with Crippen molar-refractivity contribution < 1.29 is 22.9 Å². The van der Waals surface area contributed by atoms with Gasteiger partial charge in [0.1, 0.15) is 12.6 Å². The van der Waals surface area contributed by atoms with Gasteiger partial charge in [-0.1, -0.05) is 61.5 Å². The lowest BCUT2D eigenvalue weighted by Crippen LogP contribution is -2.53. The Hall–Kier alpha value is -4.25. The monoisotopic (exact) mass is 552 g/mol. The predicted octanol–water partition coefficient (Wildman–Crippen LogP) is 4.12. The molecular weight excluding hydrogens is 520 g/mol. The molecule has 0 aliphatic carbocycles. The van der Waals surface area contributed by atoms with Crippen LogP contribution in [-0.2, 0) is 26.2 Å². The Morgan fingerprint density at radius 1 is 0.949 bits per heavy atom. The Bertz CT molecular complexity index is 1400. The number of sulfonamides is 1. The molecule has 0 aliphatic rings.